The summed E-state index contributed by atoms with van der Waals surface area (Å²) in [6.45, 7) is 0.837. The van der Waals surface area contributed by atoms with Gasteiger partial charge in [-0.3, -0.25) is 0 Å². The normalized spacial score (nSPS) is 15.4. The second kappa shape index (κ2) is 4.27. The first kappa shape index (κ1) is 11.8. The minimum Gasteiger partial charge on any atom is -0.496 e. The lowest BCUT2D eigenvalue weighted by atomic mass is 10.1. The summed E-state index contributed by atoms with van der Waals surface area (Å²) in [5.41, 5.74) is -0.508. The molecule has 0 radical (unpaired) electrons. The van der Waals surface area contributed by atoms with Crippen molar-refractivity contribution < 1.29 is 22.6 Å². The van der Waals surface area contributed by atoms with Gasteiger partial charge in [0.25, 0.3) is 0 Å². The van der Waals surface area contributed by atoms with Crippen LogP contribution >= 0.6 is 0 Å². The fourth-order valence-electron chi connectivity index (χ4n) is 1.55. The molecule has 6 heteroatoms. The van der Waals surface area contributed by atoms with E-state index in [-0.39, 0.29) is 11.5 Å². The Morgan fingerprint density at radius 2 is 2.12 bits per heavy atom. The highest BCUT2D eigenvalue weighted by atomic mass is 19.4. The highest BCUT2D eigenvalue weighted by Crippen LogP contribution is 2.33. The van der Waals surface area contributed by atoms with Gasteiger partial charge in [-0.1, -0.05) is 0 Å². The van der Waals surface area contributed by atoms with E-state index in [1.165, 1.54) is 13.2 Å². The van der Waals surface area contributed by atoms with Crippen molar-refractivity contribution in [2.24, 2.45) is 4.99 Å². The van der Waals surface area contributed by atoms with Gasteiger partial charge in [0.05, 0.1) is 24.8 Å². The quantitative estimate of drug-likeness (QED) is 0.801. The lowest BCUT2D eigenvalue weighted by Crippen LogP contribution is -2.09. The average molecular weight is 245 g/mol. The molecule has 0 fully saturated rings. The predicted octanol–water partition coefficient (Wildman–Crippen LogP) is 2.49. The molecule has 0 aromatic heterocycles. The van der Waals surface area contributed by atoms with Gasteiger partial charge in [0, 0.05) is 0 Å². The molecule has 0 amide bonds. The number of halogens is 3. The zero-order valence-electron chi connectivity index (χ0n) is 9.04. The average Bonchev–Trinajstić information content (AvgIpc) is 2.80. The molecule has 1 aromatic rings. The molecule has 3 nitrogen and oxygen atoms in total. The second-order valence-corrected chi connectivity index (χ2v) is 3.45. The Bertz CT molecular complexity index is 455. The van der Waals surface area contributed by atoms with Crippen LogP contribution < -0.4 is 4.74 Å². The van der Waals surface area contributed by atoms with Crippen LogP contribution in [0.3, 0.4) is 0 Å². The van der Waals surface area contributed by atoms with Gasteiger partial charge in [-0.05, 0) is 18.2 Å². The van der Waals surface area contributed by atoms with E-state index in [0.717, 1.165) is 12.1 Å². The number of hydrogen-bond acceptors (Lipinski definition) is 3. The molecule has 0 spiro atoms. The van der Waals surface area contributed by atoms with E-state index in [9.17, 15) is 13.2 Å². The van der Waals surface area contributed by atoms with Crippen LogP contribution in [0, 0.1) is 0 Å². The van der Waals surface area contributed by atoms with Crippen LogP contribution in [0.25, 0.3) is 0 Å². The lowest BCUT2D eigenvalue weighted by molar-refractivity contribution is -0.137. The molecule has 0 aliphatic carbocycles. The maximum Gasteiger partial charge on any atom is 0.416 e. The molecule has 17 heavy (non-hydrogen) atoms. The molecular weight excluding hydrogens is 235 g/mol. The van der Waals surface area contributed by atoms with Crippen LogP contribution in [-0.2, 0) is 10.9 Å². The molecule has 92 valence electrons. The summed E-state index contributed by atoms with van der Waals surface area (Å²) in [6.07, 6.45) is -4.39. The SMILES string of the molecule is COc1ccc(C(F)(F)F)cc1C1=NCCO1. The Labute approximate surface area is 95.9 Å². The summed E-state index contributed by atoms with van der Waals surface area (Å²) in [4.78, 5) is 3.98. The van der Waals surface area contributed by atoms with Crippen molar-refractivity contribution in [1.29, 1.82) is 0 Å². The number of methoxy groups -OCH3 is 1. The van der Waals surface area contributed by atoms with E-state index in [2.05, 4.69) is 4.99 Å². The third kappa shape index (κ3) is 2.35. The molecule has 2 rings (SSSR count). The Balaban J connectivity index is 2.47. The van der Waals surface area contributed by atoms with E-state index < -0.39 is 11.7 Å². The second-order valence-electron chi connectivity index (χ2n) is 3.45. The molecule has 1 aliphatic rings. The zero-order chi connectivity index (χ0) is 12.5. The molecule has 0 unspecified atom stereocenters. The Morgan fingerprint density at radius 3 is 2.65 bits per heavy atom. The monoisotopic (exact) mass is 245 g/mol. The van der Waals surface area contributed by atoms with Gasteiger partial charge < -0.3 is 9.47 Å². The molecule has 0 atom stereocenters. The number of ether oxygens (including phenoxy) is 2. The van der Waals surface area contributed by atoms with Crippen LogP contribution in [0.4, 0.5) is 13.2 Å². The van der Waals surface area contributed by atoms with Crippen molar-refractivity contribution >= 4 is 5.90 Å². The van der Waals surface area contributed by atoms with E-state index >= 15 is 0 Å². The minimum atomic E-state index is -4.39. The van der Waals surface area contributed by atoms with Gasteiger partial charge >= 0.3 is 6.18 Å². The summed E-state index contributed by atoms with van der Waals surface area (Å²) in [6, 6.07) is 3.23. The van der Waals surface area contributed by atoms with E-state index in [0.29, 0.717) is 18.9 Å². The van der Waals surface area contributed by atoms with Crippen molar-refractivity contribution in [2.75, 3.05) is 20.3 Å². The van der Waals surface area contributed by atoms with Crippen molar-refractivity contribution in [3.8, 4) is 5.75 Å². The summed E-state index contributed by atoms with van der Waals surface area (Å²) in [5, 5.41) is 0. The Hall–Kier alpha value is -1.72. The smallest absolute Gasteiger partial charge is 0.416 e. The summed E-state index contributed by atoms with van der Waals surface area (Å²) >= 11 is 0. The number of hydrogen-bond donors (Lipinski definition) is 0. The summed E-state index contributed by atoms with van der Waals surface area (Å²) in [5.74, 6) is 0.520. The molecular formula is C11H10F3NO2. The van der Waals surface area contributed by atoms with Crippen LogP contribution in [0.15, 0.2) is 23.2 Å². The largest absolute Gasteiger partial charge is 0.496 e. The van der Waals surface area contributed by atoms with Crippen molar-refractivity contribution in [2.45, 2.75) is 6.18 Å². The Kier molecular flexibility index (Phi) is 2.95. The fraction of sp³-hybridized carbons (Fsp3) is 0.364. The molecule has 0 saturated carbocycles. The molecule has 0 bridgehead atoms. The summed E-state index contributed by atoms with van der Waals surface area (Å²) < 4.78 is 47.9. The van der Waals surface area contributed by atoms with Gasteiger partial charge in [0.2, 0.25) is 5.90 Å². The zero-order valence-corrected chi connectivity index (χ0v) is 9.04. The van der Waals surface area contributed by atoms with E-state index in [1.54, 1.807) is 0 Å². The fourth-order valence-corrected chi connectivity index (χ4v) is 1.55. The third-order valence-corrected chi connectivity index (χ3v) is 2.34. The lowest BCUT2D eigenvalue weighted by Gasteiger charge is -2.12. The molecule has 0 N–H and O–H groups in total. The van der Waals surface area contributed by atoms with Crippen LogP contribution in [0.1, 0.15) is 11.1 Å². The van der Waals surface area contributed by atoms with Crippen molar-refractivity contribution in [1.82, 2.24) is 0 Å². The minimum absolute atomic E-state index is 0.202. The van der Waals surface area contributed by atoms with Gasteiger partial charge in [-0.2, -0.15) is 13.2 Å². The highest BCUT2D eigenvalue weighted by molar-refractivity contribution is 5.97. The van der Waals surface area contributed by atoms with Crippen LogP contribution in [-0.4, -0.2) is 26.2 Å². The number of aliphatic imine (C=N–C) groups is 1. The highest BCUT2D eigenvalue weighted by Gasteiger charge is 2.32. The van der Waals surface area contributed by atoms with E-state index in [4.69, 9.17) is 9.47 Å². The molecule has 1 heterocycles. The maximum atomic E-state index is 12.6. The van der Waals surface area contributed by atoms with Gasteiger partial charge in [-0.25, -0.2) is 4.99 Å². The van der Waals surface area contributed by atoms with Gasteiger partial charge in [0.1, 0.15) is 12.4 Å². The standard InChI is InChI=1S/C11H10F3NO2/c1-16-9-3-2-7(11(12,13)14)6-8(9)10-15-4-5-17-10/h2-3,6H,4-5H2,1H3. The molecule has 1 aromatic carbocycles. The van der Waals surface area contributed by atoms with Gasteiger partial charge in [0.15, 0.2) is 0 Å². The molecule has 1 aliphatic heterocycles. The first-order valence-electron chi connectivity index (χ1n) is 4.95. The summed E-state index contributed by atoms with van der Waals surface area (Å²) in [7, 11) is 1.39. The van der Waals surface area contributed by atoms with Gasteiger partial charge in [-0.15, -0.1) is 0 Å². The number of benzene rings is 1. The van der Waals surface area contributed by atoms with Crippen molar-refractivity contribution in [3.63, 3.8) is 0 Å². The number of rotatable bonds is 2. The Morgan fingerprint density at radius 1 is 1.35 bits per heavy atom. The first-order valence-corrected chi connectivity index (χ1v) is 4.95. The number of alkyl halides is 3. The van der Waals surface area contributed by atoms with Crippen molar-refractivity contribution in [3.05, 3.63) is 29.3 Å². The third-order valence-electron chi connectivity index (χ3n) is 2.34. The van der Waals surface area contributed by atoms with Crippen LogP contribution in [0.2, 0.25) is 0 Å². The van der Waals surface area contributed by atoms with E-state index in [1.807, 2.05) is 0 Å². The van der Waals surface area contributed by atoms with Crippen LogP contribution in [0.5, 0.6) is 5.75 Å². The molecule has 0 saturated heterocycles. The topological polar surface area (TPSA) is 30.8 Å². The first-order chi connectivity index (χ1) is 8.02. The maximum absolute atomic E-state index is 12.6. The number of nitrogens with zero attached hydrogens (tertiary/aromatic N) is 1. The predicted molar refractivity (Wildman–Crippen MR) is 55.4 cm³/mol.